The van der Waals surface area contributed by atoms with E-state index in [1.807, 2.05) is 46.1 Å². The topological polar surface area (TPSA) is 89.1 Å². The molecule has 2 aliphatic rings. The highest BCUT2D eigenvalue weighted by Gasteiger charge is 2.41. The number of carboxylic acids is 1. The lowest BCUT2D eigenvalue weighted by Gasteiger charge is -2.33. The highest BCUT2D eigenvalue weighted by molar-refractivity contribution is 5.81. The molecule has 2 fully saturated rings. The van der Waals surface area contributed by atoms with Gasteiger partial charge in [-0.15, -0.1) is 5.10 Å². The Bertz CT molecular complexity index is 1530. The fourth-order valence-corrected chi connectivity index (χ4v) is 6.97. The van der Waals surface area contributed by atoms with Crippen LogP contribution >= 0.6 is 0 Å². The van der Waals surface area contributed by atoms with Crippen LogP contribution in [0.1, 0.15) is 79.1 Å². The quantitative estimate of drug-likeness (QED) is 0.340. The summed E-state index contributed by atoms with van der Waals surface area (Å²) in [7, 11) is 1.87. The lowest BCUT2D eigenvalue weighted by molar-refractivity contribution is -0.147. The van der Waals surface area contributed by atoms with Crippen molar-refractivity contribution in [2.45, 2.75) is 84.5 Å². The number of nitrogens with zero attached hydrogens (tertiary/aromatic N) is 6. The lowest BCUT2D eigenvalue weighted by Crippen LogP contribution is -2.32. The molecule has 2 aromatic carbocycles. The zero-order chi connectivity index (χ0) is 27.5. The van der Waals surface area contributed by atoms with Crippen molar-refractivity contribution in [1.82, 2.24) is 29.4 Å². The molecule has 204 valence electrons. The van der Waals surface area contributed by atoms with Gasteiger partial charge in [0.1, 0.15) is 11.3 Å². The minimum Gasteiger partial charge on any atom is -0.481 e. The normalized spacial score (nSPS) is 20.2. The smallest absolute Gasteiger partial charge is 0.310 e. The fourth-order valence-electron chi connectivity index (χ4n) is 6.97. The molecule has 2 saturated heterocycles. The summed E-state index contributed by atoms with van der Waals surface area (Å²) in [4.78, 5) is 20.0. The first-order valence-electron chi connectivity index (χ1n) is 14.0. The first-order chi connectivity index (χ1) is 18.6. The Kier molecular flexibility index (Phi) is 6.33. The molecule has 39 heavy (non-hydrogen) atoms. The largest absolute Gasteiger partial charge is 0.481 e. The van der Waals surface area contributed by atoms with Gasteiger partial charge < -0.3 is 9.67 Å². The van der Waals surface area contributed by atoms with Gasteiger partial charge in [-0.1, -0.05) is 29.5 Å². The molecule has 0 amide bonds. The van der Waals surface area contributed by atoms with Crippen LogP contribution in [0.15, 0.2) is 42.7 Å². The molecule has 8 nitrogen and oxygen atoms in total. The zero-order valence-corrected chi connectivity index (χ0v) is 23.6. The molecule has 0 spiro atoms. The molecule has 1 atom stereocenters. The van der Waals surface area contributed by atoms with Crippen molar-refractivity contribution < 1.29 is 9.90 Å². The van der Waals surface area contributed by atoms with E-state index in [0.29, 0.717) is 18.6 Å². The molecule has 1 unspecified atom stereocenters. The molecule has 2 bridgehead atoms. The summed E-state index contributed by atoms with van der Waals surface area (Å²) in [6, 6.07) is 11.9. The third kappa shape index (κ3) is 4.35. The van der Waals surface area contributed by atoms with Crippen LogP contribution in [0.25, 0.3) is 11.0 Å². The van der Waals surface area contributed by atoms with E-state index in [0.717, 1.165) is 40.1 Å². The maximum Gasteiger partial charge on any atom is 0.310 e. The van der Waals surface area contributed by atoms with Crippen LogP contribution in [0.3, 0.4) is 0 Å². The van der Waals surface area contributed by atoms with Crippen LogP contribution < -0.4 is 0 Å². The monoisotopic (exact) mass is 526 g/mol. The molecule has 0 aliphatic carbocycles. The summed E-state index contributed by atoms with van der Waals surface area (Å²) < 4.78 is 4.02. The minimum absolute atomic E-state index is 0.358. The second kappa shape index (κ2) is 9.59. The molecule has 1 N–H and O–H groups in total. The van der Waals surface area contributed by atoms with Gasteiger partial charge in [0, 0.05) is 44.0 Å². The summed E-state index contributed by atoms with van der Waals surface area (Å²) in [6.07, 6.45) is 9.23. The van der Waals surface area contributed by atoms with Crippen LogP contribution in [-0.4, -0.2) is 52.6 Å². The van der Waals surface area contributed by atoms with Crippen LogP contribution in [0.2, 0.25) is 0 Å². The number of rotatable bonds is 8. The maximum atomic E-state index is 12.6. The zero-order valence-electron chi connectivity index (χ0n) is 23.6. The Morgan fingerprint density at radius 2 is 1.79 bits per heavy atom. The van der Waals surface area contributed by atoms with Gasteiger partial charge in [0.2, 0.25) is 0 Å². The van der Waals surface area contributed by atoms with Crippen molar-refractivity contribution in [3.05, 3.63) is 76.4 Å². The van der Waals surface area contributed by atoms with Crippen LogP contribution in [0.4, 0.5) is 0 Å². The average molecular weight is 527 g/mol. The average Bonchev–Trinajstić information content (AvgIpc) is 3.69. The van der Waals surface area contributed by atoms with Gasteiger partial charge in [0.25, 0.3) is 0 Å². The number of hydrogen-bond donors (Lipinski definition) is 1. The van der Waals surface area contributed by atoms with E-state index in [9.17, 15) is 9.90 Å². The molecule has 6 rings (SSSR count). The first kappa shape index (κ1) is 25.7. The van der Waals surface area contributed by atoms with Gasteiger partial charge in [-0.05, 0) is 87.3 Å². The number of hydrogen-bond acceptors (Lipinski definition) is 5. The second-order valence-corrected chi connectivity index (χ2v) is 12.1. The van der Waals surface area contributed by atoms with Gasteiger partial charge in [-0.3, -0.25) is 9.69 Å². The Morgan fingerprint density at radius 1 is 1.08 bits per heavy atom. The van der Waals surface area contributed by atoms with Crippen LogP contribution in [0, 0.1) is 19.3 Å². The number of aromatic nitrogens is 5. The molecule has 0 saturated carbocycles. The predicted octanol–water partition coefficient (Wildman–Crippen LogP) is 5.20. The van der Waals surface area contributed by atoms with E-state index < -0.39 is 11.4 Å². The highest BCUT2D eigenvalue weighted by Crippen LogP contribution is 2.44. The highest BCUT2D eigenvalue weighted by atomic mass is 16.4. The molecule has 8 heteroatoms. The van der Waals surface area contributed by atoms with Gasteiger partial charge in [0.15, 0.2) is 0 Å². The van der Waals surface area contributed by atoms with E-state index in [4.69, 9.17) is 4.98 Å². The summed E-state index contributed by atoms with van der Waals surface area (Å²) in [5.41, 5.74) is 6.01. The molecule has 0 radical (unpaired) electrons. The number of aryl methyl sites for hydroxylation is 3. The Labute approximate surface area is 229 Å². The Morgan fingerprint density at radius 3 is 2.49 bits per heavy atom. The second-order valence-electron chi connectivity index (χ2n) is 12.1. The third-order valence-corrected chi connectivity index (χ3v) is 9.44. The summed E-state index contributed by atoms with van der Waals surface area (Å²) in [5.74, 6) is -0.0846. The molecule has 4 aromatic rings. The Hall–Kier alpha value is -3.52. The van der Waals surface area contributed by atoms with Crippen molar-refractivity contribution in [3.63, 3.8) is 0 Å². The van der Waals surface area contributed by atoms with Crippen molar-refractivity contribution in [3.8, 4) is 0 Å². The summed E-state index contributed by atoms with van der Waals surface area (Å²) in [5, 5.41) is 18.9. The number of carboxylic acid groups (broad SMARTS) is 1. The SMILES string of the molecule is Cc1ccc(C(c2ccc3c(nnn3C)c2C)C(C)(C)C(=O)O)cc1Cn1ccnc1CN1C2CCC1CC2. The number of fused-ring (bicyclic) bond motifs is 3. The van der Waals surface area contributed by atoms with E-state index in [-0.39, 0.29) is 5.92 Å². The Balaban J connectivity index is 1.37. The van der Waals surface area contributed by atoms with Gasteiger partial charge in [0.05, 0.1) is 17.5 Å². The molecule has 4 heterocycles. The summed E-state index contributed by atoms with van der Waals surface area (Å²) >= 11 is 0. The van der Waals surface area contributed by atoms with Gasteiger partial charge >= 0.3 is 5.97 Å². The molecule has 2 aromatic heterocycles. The number of imidazole rings is 1. The van der Waals surface area contributed by atoms with Crippen molar-refractivity contribution in [2.24, 2.45) is 12.5 Å². The third-order valence-electron chi connectivity index (χ3n) is 9.44. The van der Waals surface area contributed by atoms with Gasteiger partial charge in [-0.2, -0.15) is 0 Å². The summed E-state index contributed by atoms with van der Waals surface area (Å²) in [6.45, 7) is 9.39. The number of aliphatic carboxylic acids is 1. The predicted molar refractivity (Wildman–Crippen MR) is 151 cm³/mol. The van der Waals surface area contributed by atoms with Crippen molar-refractivity contribution in [1.29, 1.82) is 0 Å². The number of benzene rings is 2. The minimum atomic E-state index is -1.04. The molecule has 2 aliphatic heterocycles. The van der Waals surface area contributed by atoms with E-state index in [1.165, 1.54) is 36.8 Å². The molecular weight excluding hydrogens is 488 g/mol. The molecular formula is C31H38N6O2. The fraction of sp³-hybridized carbons (Fsp3) is 0.484. The van der Waals surface area contributed by atoms with Crippen LogP contribution in [0.5, 0.6) is 0 Å². The lowest BCUT2D eigenvalue weighted by atomic mass is 9.69. The van der Waals surface area contributed by atoms with Gasteiger partial charge in [-0.25, -0.2) is 9.67 Å². The standard InChI is InChI=1S/C31H38N6O2/c1-19-6-7-21(16-22(19)17-36-15-14-32-27(36)18-37-23-8-9-24(37)11-10-23)28(31(3,4)30(38)39)25-12-13-26-29(20(25)2)33-34-35(26)5/h6-7,12-16,23-24,28H,8-11,17-18H2,1-5H3,(H,38,39). The van der Waals surface area contributed by atoms with Crippen molar-refractivity contribution in [2.75, 3.05) is 0 Å². The first-order valence-corrected chi connectivity index (χ1v) is 14.0. The van der Waals surface area contributed by atoms with Crippen molar-refractivity contribution >= 4 is 17.0 Å². The maximum absolute atomic E-state index is 12.6. The van der Waals surface area contributed by atoms with E-state index in [1.54, 1.807) is 4.68 Å². The van der Waals surface area contributed by atoms with Crippen LogP contribution in [-0.2, 0) is 24.9 Å². The van der Waals surface area contributed by atoms with E-state index in [2.05, 4.69) is 51.1 Å². The van der Waals surface area contributed by atoms with E-state index >= 15 is 0 Å². The number of carbonyl (C=O) groups is 1.